The zero-order valence-electron chi connectivity index (χ0n) is 13.2. The second-order valence-corrected chi connectivity index (χ2v) is 6.33. The average Bonchev–Trinajstić information content (AvgIpc) is 2.55. The zero-order valence-corrected chi connectivity index (χ0v) is 14.0. The molecule has 0 radical (unpaired) electrons. The summed E-state index contributed by atoms with van der Waals surface area (Å²) < 4.78 is 0. The number of halogens is 1. The van der Waals surface area contributed by atoms with Crippen molar-refractivity contribution < 1.29 is 9.59 Å². The van der Waals surface area contributed by atoms with E-state index in [0.29, 0.717) is 30.5 Å². The van der Waals surface area contributed by atoms with Crippen LogP contribution in [0.15, 0.2) is 24.3 Å². The minimum atomic E-state index is -0.130. The summed E-state index contributed by atoms with van der Waals surface area (Å²) in [6.45, 7) is 0.493. The lowest BCUT2D eigenvalue weighted by Crippen LogP contribution is -2.43. The first-order valence-electron chi connectivity index (χ1n) is 8.23. The van der Waals surface area contributed by atoms with E-state index in [0.717, 1.165) is 18.5 Å². The van der Waals surface area contributed by atoms with Crippen molar-refractivity contribution in [1.29, 1.82) is 0 Å². The van der Waals surface area contributed by atoms with Gasteiger partial charge in [0.15, 0.2) is 0 Å². The SMILES string of the molecule is O=C(CCCNC(=O)NC1CCCCC1)Nc1ccc(Cl)cc1. The third kappa shape index (κ3) is 6.91. The van der Waals surface area contributed by atoms with Crippen molar-refractivity contribution in [3.05, 3.63) is 29.3 Å². The van der Waals surface area contributed by atoms with Gasteiger partial charge >= 0.3 is 6.03 Å². The summed E-state index contributed by atoms with van der Waals surface area (Å²) >= 11 is 5.79. The summed E-state index contributed by atoms with van der Waals surface area (Å²) in [5.74, 6) is -0.0678. The largest absolute Gasteiger partial charge is 0.338 e. The molecule has 1 fully saturated rings. The van der Waals surface area contributed by atoms with E-state index in [2.05, 4.69) is 16.0 Å². The highest BCUT2D eigenvalue weighted by atomic mass is 35.5. The Morgan fingerprint density at radius 2 is 1.78 bits per heavy atom. The first-order chi connectivity index (χ1) is 11.1. The van der Waals surface area contributed by atoms with Gasteiger partial charge in [0.25, 0.3) is 0 Å². The van der Waals surface area contributed by atoms with Gasteiger partial charge in [-0.25, -0.2) is 4.79 Å². The van der Waals surface area contributed by atoms with Crippen LogP contribution in [0.4, 0.5) is 10.5 Å². The van der Waals surface area contributed by atoms with Gasteiger partial charge in [0, 0.05) is 29.7 Å². The van der Waals surface area contributed by atoms with E-state index in [-0.39, 0.29) is 11.9 Å². The molecular formula is C17H24ClN3O2. The first-order valence-corrected chi connectivity index (χ1v) is 8.61. The molecule has 0 atom stereocenters. The number of benzene rings is 1. The Morgan fingerprint density at radius 3 is 2.48 bits per heavy atom. The zero-order chi connectivity index (χ0) is 16.5. The van der Waals surface area contributed by atoms with E-state index in [1.54, 1.807) is 24.3 Å². The number of nitrogens with one attached hydrogen (secondary N) is 3. The summed E-state index contributed by atoms with van der Waals surface area (Å²) in [6, 6.07) is 7.15. The van der Waals surface area contributed by atoms with Crippen LogP contribution in [0.2, 0.25) is 5.02 Å². The Labute approximate surface area is 142 Å². The van der Waals surface area contributed by atoms with Gasteiger partial charge in [-0.3, -0.25) is 4.79 Å². The third-order valence-electron chi connectivity index (χ3n) is 3.93. The summed E-state index contributed by atoms with van der Waals surface area (Å²) in [4.78, 5) is 23.5. The Hall–Kier alpha value is -1.75. The van der Waals surface area contributed by atoms with Gasteiger partial charge in [0.2, 0.25) is 5.91 Å². The number of amides is 3. The third-order valence-corrected chi connectivity index (χ3v) is 4.19. The maximum absolute atomic E-state index is 11.8. The van der Waals surface area contributed by atoms with Crippen LogP contribution >= 0.6 is 11.6 Å². The number of hydrogen-bond acceptors (Lipinski definition) is 2. The van der Waals surface area contributed by atoms with Gasteiger partial charge < -0.3 is 16.0 Å². The molecule has 1 saturated carbocycles. The maximum Gasteiger partial charge on any atom is 0.315 e. The predicted octanol–water partition coefficient (Wildman–Crippen LogP) is 3.69. The molecule has 0 saturated heterocycles. The van der Waals surface area contributed by atoms with Crippen molar-refractivity contribution in [2.75, 3.05) is 11.9 Å². The van der Waals surface area contributed by atoms with Crippen LogP contribution in [-0.4, -0.2) is 24.5 Å². The Morgan fingerprint density at radius 1 is 1.09 bits per heavy atom. The first kappa shape index (κ1) is 17.6. The van der Waals surface area contributed by atoms with Crippen LogP contribution in [0.5, 0.6) is 0 Å². The molecule has 6 heteroatoms. The summed E-state index contributed by atoms with van der Waals surface area (Å²) in [5, 5.41) is 9.23. The molecule has 0 unspecified atom stereocenters. The molecule has 2 rings (SSSR count). The molecular weight excluding hydrogens is 314 g/mol. The van der Waals surface area contributed by atoms with Crippen molar-refractivity contribution in [1.82, 2.24) is 10.6 Å². The van der Waals surface area contributed by atoms with Crippen molar-refractivity contribution in [2.45, 2.75) is 51.0 Å². The van der Waals surface area contributed by atoms with Crippen molar-refractivity contribution in [2.24, 2.45) is 0 Å². The molecule has 1 aromatic rings. The van der Waals surface area contributed by atoms with Crippen molar-refractivity contribution >= 4 is 29.2 Å². The molecule has 1 aromatic carbocycles. The number of urea groups is 1. The molecule has 126 valence electrons. The molecule has 0 bridgehead atoms. The molecule has 3 N–H and O–H groups in total. The maximum atomic E-state index is 11.8. The van der Waals surface area contributed by atoms with Gasteiger partial charge in [-0.05, 0) is 43.5 Å². The molecule has 5 nitrogen and oxygen atoms in total. The quantitative estimate of drug-likeness (QED) is 0.693. The van der Waals surface area contributed by atoms with Crippen LogP contribution in [0, 0.1) is 0 Å². The van der Waals surface area contributed by atoms with E-state index < -0.39 is 0 Å². The number of carbonyl (C=O) groups excluding carboxylic acids is 2. The van der Waals surface area contributed by atoms with E-state index in [4.69, 9.17) is 11.6 Å². The van der Waals surface area contributed by atoms with Crippen LogP contribution in [0.1, 0.15) is 44.9 Å². The number of anilines is 1. The van der Waals surface area contributed by atoms with Gasteiger partial charge in [-0.15, -0.1) is 0 Å². The number of hydrogen-bond donors (Lipinski definition) is 3. The topological polar surface area (TPSA) is 70.2 Å². The van der Waals surface area contributed by atoms with Crippen LogP contribution in [0.3, 0.4) is 0 Å². The van der Waals surface area contributed by atoms with Crippen LogP contribution in [-0.2, 0) is 4.79 Å². The van der Waals surface area contributed by atoms with Gasteiger partial charge in [0.05, 0.1) is 0 Å². The number of rotatable bonds is 6. The highest BCUT2D eigenvalue weighted by molar-refractivity contribution is 6.30. The van der Waals surface area contributed by atoms with E-state index in [1.165, 1.54) is 19.3 Å². The highest BCUT2D eigenvalue weighted by Crippen LogP contribution is 2.17. The smallest absolute Gasteiger partial charge is 0.315 e. The number of carbonyl (C=O) groups is 2. The standard InChI is InChI=1S/C17H24ClN3O2/c18-13-8-10-15(11-9-13)20-16(22)7-4-12-19-17(23)21-14-5-2-1-3-6-14/h8-11,14H,1-7,12H2,(H,20,22)(H2,19,21,23). The predicted molar refractivity (Wildman–Crippen MR) is 92.7 cm³/mol. The molecule has 1 aliphatic carbocycles. The summed E-state index contributed by atoms with van der Waals surface area (Å²) in [5.41, 5.74) is 0.724. The van der Waals surface area contributed by atoms with Crippen molar-refractivity contribution in [3.8, 4) is 0 Å². The van der Waals surface area contributed by atoms with E-state index >= 15 is 0 Å². The molecule has 1 aliphatic rings. The Bertz CT molecular complexity index is 513. The Kier molecular flexibility index (Phi) is 7.20. The van der Waals surface area contributed by atoms with Crippen molar-refractivity contribution in [3.63, 3.8) is 0 Å². The fraction of sp³-hybridized carbons (Fsp3) is 0.529. The molecule has 23 heavy (non-hydrogen) atoms. The minimum Gasteiger partial charge on any atom is -0.338 e. The summed E-state index contributed by atoms with van der Waals surface area (Å²) in [6.07, 6.45) is 6.76. The second-order valence-electron chi connectivity index (χ2n) is 5.89. The highest BCUT2D eigenvalue weighted by Gasteiger charge is 2.15. The lowest BCUT2D eigenvalue weighted by atomic mass is 9.96. The minimum absolute atomic E-state index is 0.0678. The lowest BCUT2D eigenvalue weighted by Gasteiger charge is -2.22. The fourth-order valence-corrected chi connectivity index (χ4v) is 2.82. The molecule has 0 aromatic heterocycles. The molecule has 3 amide bonds. The lowest BCUT2D eigenvalue weighted by molar-refractivity contribution is -0.116. The average molecular weight is 338 g/mol. The van der Waals surface area contributed by atoms with E-state index in [1.807, 2.05) is 0 Å². The normalized spacial score (nSPS) is 15.0. The molecule has 0 heterocycles. The fourth-order valence-electron chi connectivity index (χ4n) is 2.69. The van der Waals surface area contributed by atoms with Crippen LogP contribution < -0.4 is 16.0 Å². The van der Waals surface area contributed by atoms with Gasteiger partial charge in [-0.2, -0.15) is 0 Å². The molecule has 0 spiro atoms. The van der Waals surface area contributed by atoms with Crippen LogP contribution in [0.25, 0.3) is 0 Å². The monoisotopic (exact) mass is 337 g/mol. The van der Waals surface area contributed by atoms with Gasteiger partial charge in [-0.1, -0.05) is 30.9 Å². The summed E-state index contributed by atoms with van der Waals surface area (Å²) in [7, 11) is 0. The van der Waals surface area contributed by atoms with E-state index in [9.17, 15) is 9.59 Å². The molecule has 0 aliphatic heterocycles. The van der Waals surface area contributed by atoms with Gasteiger partial charge in [0.1, 0.15) is 0 Å². The Balaban J connectivity index is 1.56. The second kappa shape index (κ2) is 9.40.